The lowest BCUT2D eigenvalue weighted by Gasteiger charge is -2.14. The molecule has 0 spiro atoms. The molecule has 1 rings (SSSR count). The molecular weight excluding hydrogens is 286 g/mol. The summed E-state index contributed by atoms with van der Waals surface area (Å²) >= 11 is 0. The second-order valence-corrected chi connectivity index (χ2v) is 6.15. The highest BCUT2D eigenvalue weighted by Gasteiger charge is 2.26. The van der Waals surface area contributed by atoms with Crippen LogP contribution in [0.25, 0.3) is 0 Å². The lowest BCUT2D eigenvalue weighted by molar-refractivity contribution is -0.143. The van der Waals surface area contributed by atoms with Gasteiger partial charge in [0.2, 0.25) is 10.0 Å². The number of likely N-dealkylation sites (N-methyl/N-ethyl adjacent to an activating group) is 1. The molecule has 0 saturated carbocycles. The van der Waals surface area contributed by atoms with Gasteiger partial charge in [-0.15, -0.1) is 0 Å². The van der Waals surface area contributed by atoms with E-state index in [1.165, 1.54) is 30.9 Å². The normalized spacial score (nSPS) is 11.6. The van der Waals surface area contributed by atoms with Gasteiger partial charge in [0.1, 0.15) is 17.1 Å². The average molecular weight is 303 g/mol. The fourth-order valence-electron chi connectivity index (χ4n) is 1.57. The Kier molecular flexibility index (Phi) is 4.90. The zero-order valence-corrected chi connectivity index (χ0v) is 12.3. The molecule has 0 radical (unpaired) electrons. The molecule has 2 N–H and O–H groups in total. The molecule has 1 amide bonds. The predicted octanol–water partition coefficient (Wildman–Crippen LogP) is -0.692. The van der Waals surface area contributed by atoms with Crippen LogP contribution < -0.4 is 5.73 Å². The number of sulfonamides is 1. The minimum atomic E-state index is -3.88. The quantitative estimate of drug-likeness (QED) is 0.699. The fraction of sp³-hybridized carbons (Fsp3) is 0.455. The SMILES string of the molecule is CCOC(=O)CN(C)S(=O)(=O)c1cc(C(N)=O)n(C)c1. The molecule has 0 aliphatic carbocycles. The van der Waals surface area contributed by atoms with Crippen LogP contribution in [0.1, 0.15) is 17.4 Å². The van der Waals surface area contributed by atoms with Crippen LogP contribution in [0.2, 0.25) is 0 Å². The van der Waals surface area contributed by atoms with Gasteiger partial charge >= 0.3 is 5.97 Å². The smallest absolute Gasteiger partial charge is 0.321 e. The van der Waals surface area contributed by atoms with Crippen molar-refractivity contribution in [2.75, 3.05) is 20.2 Å². The molecule has 9 heteroatoms. The third kappa shape index (κ3) is 3.36. The predicted molar refractivity (Wildman–Crippen MR) is 70.4 cm³/mol. The van der Waals surface area contributed by atoms with Crippen LogP contribution in [-0.4, -0.2) is 49.4 Å². The van der Waals surface area contributed by atoms with E-state index in [1.54, 1.807) is 6.92 Å². The Hall–Kier alpha value is -1.87. The van der Waals surface area contributed by atoms with E-state index in [9.17, 15) is 18.0 Å². The van der Waals surface area contributed by atoms with Crippen molar-refractivity contribution in [1.29, 1.82) is 0 Å². The van der Waals surface area contributed by atoms with Gasteiger partial charge in [-0.05, 0) is 13.0 Å². The lowest BCUT2D eigenvalue weighted by atomic mass is 10.4. The van der Waals surface area contributed by atoms with Crippen LogP contribution in [0.5, 0.6) is 0 Å². The highest BCUT2D eigenvalue weighted by Crippen LogP contribution is 2.17. The third-order valence-corrected chi connectivity index (χ3v) is 4.37. The molecule has 0 aromatic carbocycles. The minimum Gasteiger partial charge on any atom is -0.465 e. The standard InChI is InChI=1S/C11H17N3O5S/c1-4-19-10(15)7-14(3)20(17,18)8-5-9(11(12)16)13(2)6-8/h5-6H,4,7H2,1-3H3,(H2,12,16). The molecule has 0 unspecified atom stereocenters. The molecule has 0 saturated heterocycles. The Morgan fingerprint density at radius 1 is 1.45 bits per heavy atom. The van der Waals surface area contributed by atoms with Crippen LogP contribution >= 0.6 is 0 Å². The maximum Gasteiger partial charge on any atom is 0.321 e. The van der Waals surface area contributed by atoms with Gasteiger partial charge in [0, 0.05) is 20.3 Å². The summed E-state index contributed by atoms with van der Waals surface area (Å²) in [6.45, 7) is 1.39. The van der Waals surface area contributed by atoms with Gasteiger partial charge in [0.15, 0.2) is 0 Å². The van der Waals surface area contributed by atoms with E-state index in [-0.39, 0.29) is 17.2 Å². The number of primary amides is 1. The molecule has 8 nitrogen and oxygen atoms in total. The fourth-order valence-corrected chi connectivity index (χ4v) is 2.76. The molecule has 0 fully saturated rings. The Labute approximate surface area is 117 Å². The van der Waals surface area contributed by atoms with Crippen molar-refractivity contribution in [1.82, 2.24) is 8.87 Å². The average Bonchev–Trinajstić information content (AvgIpc) is 2.72. The second kappa shape index (κ2) is 6.06. The number of nitrogens with two attached hydrogens (primary N) is 1. The first-order valence-electron chi connectivity index (χ1n) is 5.78. The molecule has 1 heterocycles. The summed E-state index contributed by atoms with van der Waals surface area (Å²) in [6, 6.07) is 1.17. The number of carbonyl (C=O) groups is 2. The van der Waals surface area contributed by atoms with E-state index in [4.69, 9.17) is 5.73 Å². The number of carbonyl (C=O) groups excluding carboxylic acids is 2. The van der Waals surface area contributed by atoms with E-state index in [2.05, 4.69) is 4.74 Å². The second-order valence-electron chi connectivity index (χ2n) is 4.10. The van der Waals surface area contributed by atoms with Crippen molar-refractivity contribution >= 4 is 21.9 Å². The van der Waals surface area contributed by atoms with Gasteiger partial charge < -0.3 is 15.0 Å². The third-order valence-electron chi connectivity index (χ3n) is 2.60. The topological polar surface area (TPSA) is 112 Å². The molecular formula is C11H17N3O5S. The Bertz CT molecular complexity index is 620. The van der Waals surface area contributed by atoms with Gasteiger partial charge in [-0.25, -0.2) is 8.42 Å². The molecule has 20 heavy (non-hydrogen) atoms. The lowest BCUT2D eigenvalue weighted by Crippen LogP contribution is -2.33. The number of ether oxygens (including phenoxy) is 1. The first-order valence-corrected chi connectivity index (χ1v) is 7.22. The molecule has 112 valence electrons. The van der Waals surface area contributed by atoms with Gasteiger partial charge in [-0.2, -0.15) is 4.31 Å². The Balaban J connectivity index is 3.01. The first kappa shape index (κ1) is 16.2. The van der Waals surface area contributed by atoms with E-state index in [0.717, 1.165) is 4.31 Å². The molecule has 0 aliphatic heterocycles. The summed E-state index contributed by atoms with van der Waals surface area (Å²) in [6.07, 6.45) is 1.26. The monoisotopic (exact) mass is 303 g/mol. The molecule has 0 aliphatic rings. The zero-order chi connectivity index (χ0) is 15.5. The Morgan fingerprint density at radius 2 is 2.05 bits per heavy atom. The summed E-state index contributed by atoms with van der Waals surface area (Å²) in [4.78, 5) is 22.3. The number of hydrogen-bond donors (Lipinski definition) is 1. The van der Waals surface area contributed by atoms with Gasteiger partial charge in [-0.3, -0.25) is 9.59 Å². The number of nitrogens with zero attached hydrogens (tertiary/aromatic N) is 2. The zero-order valence-electron chi connectivity index (χ0n) is 11.5. The number of amides is 1. The summed E-state index contributed by atoms with van der Waals surface area (Å²) < 4.78 is 31.3. The minimum absolute atomic E-state index is 0.0631. The molecule has 0 bridgehead atoms. The van der Waals surface area contributed by atoms with Crippen LogP contribution in [0.4, 0.5) is 0 Å². The van der Waals surface area contributed by atoms with Gasteiger partial charge in [-0.1, -0.05) is 0 Å². The summed E-state index contributed by atoms with van der Waals surface area (Å²) in [5.41, 5.74) is 5.19. The number of aromatic nitrogens is 1. The maximum atomic E-state index is 12.2. The van der Waals surface area contributed by atoms with Crippen LogP contribution in [0.15, 0.2) is 17.2 Å². The number of esters is 1. The number of rotatable bonds is 6. The van der Waals surface area contributed by atoms with Crippen LogP contribution in [0.3, 0.4) is 0 Å². The number of hydrogen-bond acceptors (Lipinski definition) is 5. The van der Waals surface area contributed by atoms with Crippen molar-refractivity contribution in [3.05, 3.63) is 18.0 Å². The molecule has 0 atom stereocenters. The largest absolute Gasteiger partial charge is 0.465 e. The van der Waals surface area contributed by atoms with E-state index in [0.29, 0.717) is 0 Å². The highest BCUT2D eigenvalue weighted by atomic mass is 32.2. The van der Waals surface area contributed by atoms with E-state index in [1.807, 2.05) is 0 Å². The van der Waals surface area contributed by atoms with E-state index >= 15 is 0 Å². The van der Waals surface area contributed by atoms with Crippen molar-refractivity contribution in [3.63, 3.8) is 0 Å². The highest BCUT2D eigenvalue weighted by molar-refractivity contribution is 7.89. The van der Waals surface area contributed by atoms with Crippen LogP contribution in [-0.2, 0) is 26.6 Å². The summed E-state index contributed by atoms with van der Waals surface area (Å²) in [7, 11) is -1.13. The number of aryl methyl sites for hydroxylation is 1. The first-order chi connectivity index (χ1) is 9.20. The van der Waals surface area contributed by atoms with Crippen LogP contribution in [0, 0.1) is 0 Å². The van der Waals surface area contributed by atoms with Crippen molar-refractivity contribution in [2.24, 2.45) is 12.8 Å². The summed E-state index contributed by atoms with van der Waals surface area (Å²) in [5.74, 6) is -1.38. The molecule has 1 aromatic heterocycles. The van der Waals surface area contributed by atoms with Crippen molar-refractivity contribution in [2.45, 2.75) is 11.8 Å². The maximum absolute atomic E-state index is 12.2. The van der Waals surface area contributed by atoms with Gasteiger partial charge in [0.05, 0.1) is 6.61 Å². The van der Waals surface area contributed by atoms with Gasteiger partial charge in [0.25, 0.3) is 5.91 Å². The Morgan fingerprint density at radius 3 is 2.50 bits per heavy atom. The summed E-state index contributed by atoms with van der Waals surface area (Å²) in [5, 5.41) is 0. The van der Waals surface area contributed by atoms with E-state index < -0.39 is 28.4 Å². The molecule has 1 aromatic rings. The van der Waals surface area contributed by atoms with Crippen molar-refractivity contribution < 1.29 is 22.7 Å². The van der Waals surface area contributed by atoms with Crippen molar-refractivity contribution in [3.8, 4) is 0 Å².